The molecule has 1 aromatic heterocycles. The Morgan fingerprint density at radius 1 is 1.60 bits per heavy atom. The molecule has 0 radical (unpaired) electrons. The third-order valence-electron chi connectivity index (χ3n) is 1.97. The smallest absolute Gasteiger partial charge is 0.221 e. The first-order valence-corrected chi connectivity index (χ1v) is 5.31. The van der Waals surface area contributed by atoms with Crippen LogP contribution < -0.4 is 11.5 Å². The van der Waals surface area contributed by atoms with Crippen molar-refractivity contribution < 1.29 is 0 Å². The SMILES string of the molecule is Cc1sccc1CN(C)C(=N)N=C(N)N. The maximum absolute atomic E-state index is 7.58. The fraction of sp³-hybridized carbons (Fsp3) is 0.333. The van der Waals surface area contributed by atoms with E-state index in [1.54, 1.807) is 23.3 Å². The lowest BCUT2D eigenvalue weighted by Gasteiger charge is -2.16. The van der Waals surface area contributed by atoms with Crippen LogP contribution in [0.15, 0.2) is 16.4 Å². The second-order valence-electron chi connectivity index (χ2n) is 3.22. The Morgan fingerprint density at radius 2 is 2.27 bits per heavy atom. The van der Waals surface area contributed by atoms with Gasteiger partial charge < -0.3 is 16.4 Å². The van der Waals surface area contributed by atoms with Gasteiger partial charge in [0.25, 0.3) is 0 Å². The van der Waals surface area contributed by atoms with Gasteiger partial charge in [-0.1, -0.05) is 0 Å². The second kappa shape index (κ2) is 4.79. The second-order valence-corrected chi connectivity index (χ2v) is 4.34. The predicted molar refractivity (Wildman–Crippen MR) is 64.1 cm³/mol. The van der Waals surface area contributed by atoms with Crippen LogP contribution in [0.5, 0.6) is 0 Å². The van der Waals surface area contributed by atoms with E-state index >= 15 is 0 Å². The summed E-state index contributed by atoms with van der Waals surface area (Å²) in [6, 6.07) is 2.04. The predicted octanol–water partition coefficient (Wildman–Crippen LogP) is 0.696. The highest BCUT2D eigenvalue weighted by atomic mass is 32.1. The van der Waals surface area contributed by atoms with E-state index in [0.29, 0.717) is 6.54 Å². The molecule has 0 spiro atoms. The number of rotatable bonds is 2. The number of nitrogens with zero attached hydrogens (tertiary/aromatic N) is 2. The molecule has 0 unspecified atom stereocenters. The van der Waals surface area contributed by atoms with Crippen LogP contribution in [0.4, 0.5) is 0 Å². The Balaban J connectivity index is 2.64. The number of hydrogen-bond donors (Lipinski definition) is 3. The first kappa shape index (κ1) is 11.5. The van der Waals surface area contributed by atoms with Gasteiger partial charge in [0.1, 0.15) is 0 Å². The van der Waals surface area contributed by atoms with E-state index in [9.17, 15) is 0 Å². The molecular weight excluding hydrogens is 210 g/mol. The standard InChI is InChI=1S/C9H15N5S/c1-6-7(3-4-15-6)5-14(2)9(12)13-8(10)11/h3-4H,5H2,1-2H3,(H5,10,11,12,13). The summed E-state index contributed by atoms with van der Waals surface area (Å²) >= 11 is 1.69. The Morgan fingerprint density at radius 3 is 2.73 bits per heavy atom. The minimum Gasteiger partial charge on any atom is -0.370 e. The van der Waals surface area contributed by atoms with Gasteiger partial charge in [0.2, 0.25) is 5.96 Å². The number of nitrogens with two attached hydrogens (primary N) is 2. The van der Waals surface area contributed by atoms with Gasteiger partial charge in [-0.05, 0) is 23.9 Å². The zero-order chi connectivity index (χ0) is 11.4. The molecule has 1 heterocycles. The van der Waals surface area contributed by atoms with Crippen molar-refractivity contribution in [3.63, 3.8) is 0 Å². The topological polar surface area (TPSA) is 91.5 Å². The Bertz CT molecular complexity index is 378. The summed E-state index contributed by atoms with van der Waals surface area (Å²) in [4.78, 5) is 6.61. The van der Waals surface area contributed by atoms with Gasteiger partial charge in [0.05, 0.1) is 0 Å². The summed E-state index contributed by atoms with van der Waals surface area (Å²) < 4.78 is 0. The number of thiophene rings is 1. The summed E-state index contributed by atoms with van der Waals surface area (Å²) in [7, 11) is 1.78. The van der Waals surface area contributed by atoms with Gasteiger partial charge in [-0.2, -0.15) is 4.99 Å². The number of aryl methyl sites for hydroxylation is 1. The lowest BCUT2D eigenvalue weighted by atomic mass is 10.2. The fourth-order valence-electron chi connectivity index (χ4n) is 1.11. The van der Waals surface area contributed by atoms with Crippen molar-refractivity contribution in [2.45, 2.75) is 13.5 Å². The summed E-state index contributed by atoms with van der Waals surface area (Å²) in [5.41, 5.74) is 11.6. The molecule has 0 saturated carbocycles. The highest BCUT2D eigenvalue weighted by Gasteiger charge is 2.06. The monoisotopic (exact) mass is 225 g/mol. The van der Waals surface area contributed by atoms with Crippen molar-refractivity contribution in [1.82, 2.24) is 4.90 Å². The minimum absolute atomic E-state index is 0.0700. The van der Waals surface area contributed by atoms with Gasteiger partial charge in [-0.25, -0.2) is 0 Å². The van der Waals surface area contributed by atoms with Gasteiger partial charge in [0, 0.05) is 18.5 Å². The van der Waals surface area contributed by atoms with E-state index in [-0.39, 0.29) is 11.9 Å². The summed E-state index contributed by atoms with van der Waals surface area (Å²) in [6.07, 6.45) is 0. The molecule has 15 heavy (non-hydrogen) atoms. The molecular formula is C9H15N5S. The van der Waals surface area contributed by atoms with Crippen molar-refractivity contribution >= 4 is 23.3 Å². The molecule has 0 bridgehead atoms. The molecule has 0 atom stereocenters. The Hall–Kier alpha value is -1.56. The van der Waals surface area contributed by atoms with E-state index in [0.717, 1.165) is 0 Å². The molecule has 0 aliphatic rings. The quantitative estimate of drug-likeness (QED) is 0.511. The average molecular weight is 225 g/mol. The molecule has 5 nitrogen and oxygen atoms in total. The van der Waals surface area contributed by atoms with Crippen molar-refractivity contribution in [1.29, 1.82) is 5.41 Å². The van der Waals surface area contributed by atoms with Crippen LogP contribution in [0.3, 0.4) is 0 Å². The third kappa shape index (κ3) is 3.25. The maximum atomic E-state index is 7.58. The molecule has 0 aromatic carbocycles. The van der Waals surface area contributed by atoms with Gasteiger partial charge in [-0.3, -0.25) is 5.41 Å². The van der Waals surface area contributed by atoms with Gasteiger partial charge in [-0.15, -0.1) is 11.3 Å². The van der Waals surface area contributed by atoms with E-state index < -0.39 is 0 Å². The highest BCUT2D eigenvalue weighted by molar-refractivity contribution is 7.10. The molecule has 6 heteroatoms. The van der Waals surface area contributed by atoms with E-state index in [2.05, 4.69) is 11.9 Å². The zero-order valence-electron chi connectivity index (χ0n) is 8.82. The van der Waals surface area contributed by atoms with Crippen LogP contribution in [-0.4, -0.2) is 23.9 Å². The number of aliphatic imine (C=N–C) groups is 1. The van der Waals surface area contributed by atoms with E-state index in [1.165, 1.54) is 10.4 Å². The third-order valence-corrected chi connectivity index (χ3v) is 2.86. The van der Waals surface area contributed by atoms with E-state index in [4.69, 9.17) is 16.9 Å². The number of guanidine groups is 2. The largest absolute Gasteiger partial charge is 0.370 e. The maximum Gasteiger partial charge on any atom is 0.221 e. The molecule has 1 rings (SSSR count). The Labute approximate surface area is 92.9 Å². The van der Waals surface area contributed by atoms with Crippen molar-refractivity contribution in [3.05, 3.63) is 21.9 Å². The number of nitrogens with one attached hydrogen (secondary N) is 1. The van der Waals surface area contributed by atoms with Crippen LogP contribution in [0, 0.1) is 12.3 Å². The Kier molecular flexibility index (Phi) is 3.68. The zero-order valence-corrected chi connectivity index (χ0v) is 9.64. The summed E-state index contributed by atoms with van der Waals surface area (Å²) in [5, 5.41) is 9.61. The number of hydrogen-bond acceptors (Lipinski definition) is 2. The first-order chi connectivity index (χ1) is 7.00. The molecule has 0 amide bonds. The molecule has 5 N–H and O–H groups in total. The van der Waals surface area contributed by atoms with Gasteiger partial charge >= 0.3 is 0 Å². The van der Waals surface area contributed by atoms with Crippen LogP contribution in [-0.2, 0) is 6.54 Å². The average Bonchev–Trinajstić information content (AvgIpc) is 2.50. The van der Waals surface area contributed by atoms with Crippen molar-refractivity contribution in [3.8, 4) is 0 Å². The van der Waals surface area contributed by atoms with E-state index in [1.807, 2.05) is 11.4 Å². The first-order valence-electron chi connectivity index (χ1n) is 4.43. The van der Waals surface area contributed by atoms with Gasteiger partial charge in [0.15, 0.2) is 5.96 Å². The molecule has 82 valence electrons. The normalized spacial score (nSPS) is 9.73. The molecule has 0 aliphatic carbocycles. The minimum atomic E-state index is -0.0890. The van der Waals surface area contributed by atoms with Crippen molar-refractivity contribution in [2.24, 2.45) is 16.5 Å². The van der Waals surface area contributed by atoms with Crippen LogP contribution >= 0.6 is 11.3 Å². The highest BCUT2D eigenvalue weighted by Crippen LogP contribution is 2.16. The molecule has 0 aliphatic heterocycles. The lowest BCUT2D eigenvalue weighted by molar-refractivity contribution is 0.491. The lowest BCUT2D eigenvalue weighted by Crippen LogP contribution is -2.30. The molecule has 0 fully saturated rings. The molecule has 0 saturated heterocycles. The van der Waals surface area contributed by atoms with Crippen molar-refractivity contribution in [2.75, 3.05) is 7.05 Å². The molecule has 1 aromatic rings. The van der Waals surface area contributed by atoms with Crippen LogP contribution in [0.2, 0.25) is 0 Å². The summed E-state index contributed by atoms with van der Waals surface area (Å²) in [6.45, 7) is 2.70. The fourth-order valence-corrected chi connectivity index (χ4v) is 1.83. The van der Waals surface area contributed by atoms with Crippen LogP contribution in [0.25, 0.3) is 0 Å². The summed E-state index contributed by atoms with van der Waals surface area (Å²) in [5.74, 6) is -0.0190. The van der Waals surface area contributed by atoms with Crippen LogP contribution in [0.1, 0.15) is 10.4 Å².